The predicted molar refractivity (Wildman–Crippen MR) is 93.1 cm³/mol. The van der Waals surface area contributed by atoms with E-state index in [2.05, 4.69) is 15.6 Å². The molecule has 1 heterocycles. The normalized spacial score (nSPS) is 12.9. The van der Waals surface area contributed by atoms with Gasteiger partial charge in [-0.2, -0.15) is 0 Å². The van der Waals surface area contributed by atoms with E-state index >= 15 is 0 Å². The summed E-state index contributed by atoms with van der Waals surface area (Å²) in [6, 6.07) is 0.486. The summed E-state index contributed by atoms with van der Waals surface area (Å²) in [5, 5.41) is 15.6. The third kappa shape index (κ3) is 6.41. The monoisotopic (exact) mass is 397 g/mol. The van der Waals surface area contributed by atoms with Crippen molar-refractivity contribution in [2.24, 2.45) is 0 Å². The van der Waals surface area contributed by atoms with Gasteiger partial charge in [0.2, 0.25) is 11.8 Å². The molecule has 0 unspecified atom stereocenters. The molecule has 0 aliphatic carbocycles. The average Bonchev–Trinajstić information content (AvgIpc) is 3.05. The van der Waals surface area contributed by atoms with Crippen molar-refractivity contribution < 1.29 is 28.3 Å². The maximum Gasteiger partial charge on any atom is 0.326 e. The van der Waals surface area contributed by atoms with E-state index in [4.69, 9.17) is 0 Å². The van der Waals surface area contributed by atoms with Crippen LogP contribution in [0.25, 0.3) is 0 Å². The molecule has 0 saturated carbocycles. The second-order valence-electron chi connectivity index (χ2n) is 5.83. The number of aliphatic carboxylic acids is 1. The molecule has 1 aromatic heterocycles. The van der Waals surface area contributed by atoms with Gasteiger partial charge in [0, 0.05) is 17.9 Å². The number of nitrogens with one attached hydrogen (secondary N) is 2. The standard InChI is InChI=1S/C17H17F2N3O4S/c1-9(21-15(23)4-10-2-11(18)5-12(19)3-10)16(24)22-14(17(25)26)6-13-7-27-8-20-13/h2-3,5,7-9,14H,4,6H2,1H3,(H,21,23)(H,22,24)(H,25,26)/t9-,14-/m0/s1. The number of benzene rings is 1. The lowest BCUT2D eigenvalue weighted by atomic mass is 10.1. The minimum Gasteiger partial charge on any atom is -0.480 e. The highest BCUT2D eigenvalue weighted by molar-refractivity contribution is 7.07. The summed E-state index contributed by atoms with van der Waals surface area (Å²) in [6.45, 7) is 1.38. The van der Waals surface area contributed by atoms with E-state index in [1.807, 2.05) is 0 Å². The largest absolute Gasteiger partial charge is 0.480 e. The zero-order valence-corrected chi connectivity index (χ0v) is 15.1. The Morgan fingerprint density at radius 3 is 2.41 bits per heavy atom. The van der Waals surface area contributed by atoms with Gasteiger partial charge in [-0.05, 0) is 24.6 Å². The van der Waals surface area contributed by atoms with E-state index in [1.165, 1.54) is 18.3 Å². The Hall–Kier alpha value is -2.88. The SMILES string of the molecule is C[C@H](NC(=O)Cc1cc(F)cc(F)c1)C(=O)N[C@@H](Cc1cscn1)C(=O)O. The van der Waals surface area contributed by atoms with Gasteiger partial charge < -0.3 is 15.7 Å². The number of nitrogens with zero attached hydrogens (tertiary/aromatic N) is 1. The van der Waals surface area contributed by atoms with E-state index in [0.29, 0.717) is 11.8 Å². The van der Waals surface area contributed by atoms with Crippen LogP contribution in [-0.4, -0.2) is 40.0 Å². The van der Waals surface area contributed by atoms with Crippen molar-refractivity contribution >= 4 is 29.1 Å². The van der Waals surface area contributed by atoms with Crippen molar-refractivity contribution in [1.29, 1.82) is 0 Å². The van der Waals surface area contributed by atoms with Crippen LogP contribution in [0.1, 0.15) is 18.2 Å². The molecule has 2 rings (SSSR count). The van der Waals surface area contributed by atoms with Gasteiger partial charge in [-0.25, -0.2) is 18.6 Å². The van der Waals surface area contributed by atoms with E-state index in [0.717, 1.165) is 12.1 Å². The molecule has 0 saturated heterocycles. The topological polar surface area (TPSA) is 108 Å². The first kappa shape index (κ1) is 20.4. The zero-order valence-electron chi connectivity index (χ0n) is 14.2. The first-order valence-corrected chi connectivity index (χ1v) is 8.83. The number of carbonyl (C=O) groups is 3. The Kier molecular flexibility index (Phi) is 6.94. The van der Waals surface area contributed by atoms with Crippen LogP contribution in [0, 0.1) is 11.6 Å². The molecule has 10 heteroatoms. The number of carboxylic acid groups (broad SMARTS) is 1. The Labute approximate surface area is 157 Å². The molecule has 0 aliphatic rings. The minimum atomic E-state index is -1.23. The summed E-state index contributed by atoms with van der Waals surface area (Å²) < 4.78 is 26.3. The minimum absolute atomic E-state index is 0.00775. The van der Waals surface area contributed by atoms with Crippen LogP contribution in [-0.2, 0) is 27.2 Å². The third-order valence-electron chi connectivity index (χ3n) is 3.57. The molecule has 27 heavy (non-hydrogen) atoms. The molecule has 0 aliphatic heterocycles. The van der Waals surface area contributed by atoms with Crippen molar-refractivity contribution in [1.82, 2.24) is 15.6 Å². The summed E-state index contributed by atoms with van der Waals surface area (Å²) in [5.74, 6) is -4.18. The summed E-state index contributed by atoms with van der Waals surface area (Å²) in [6.07, 6.45) is -0.318. The van der Waals surface area contributed by atoms with Gasteiger partial charge >= 0.3 is 5.97 Å². The second kappa shape index (κ2) is 9.17. The smallest absolute Gasteiger partial charge is 0.326 e. The number of hydrogen-bond acceptors (Lipinski definition) is 5. The number of carboxylic acids is 1. The fourth-order valence-electron chi connectivity index (χ4n) is 2.30. The van der Waals surface area contributed by atoms with Crippen molar-refractivity contribution in [3.63, 3.8) is 0 Å². The number of carbonyl (C=O) groups excluding carboxylic acids is 2. The van der Waals surface area contributed by atoms with Crippen LogP contribution in [0.5, 0.6) is 0 Å². The van der Waals surface area contributed by atoms with Gasteiger partial charge in [-0.15, -0.1) is 11.3 Å². The third-order valence-corrected chi connectivity index (χ3v) is 4.20. The molecule has 0 bridgehead atoms. The fraction of sp³-hybridized carbons (Fsp3) is 0.294. The molecular weight excluding hydrogens is 380 g/mol. The summed E-state index contributed by atoms with van der Waals surface area (Å²) in [4.78, 5) is 39.4. The molecule has 2 amide bonds. The lowest BCUT2D eigenvalue weighted by molar-refractivity contribution is -0.142. The number of halogens is 2. The first-order chi connectivity index (χ1) is 12.7. The van der Waals surface area contributed by atoms with Crippen LogP contribution in [0.15, 0.2) is 29.1 Å². The number of aromatic nitrogens is 1. The maximum absolute atomic E-state index is 13.1. The van der Waals surface area contributed by atoms with Crippen LogP contribution >= 0.6 is 11.3 Å². The maximum atomic E-state index is 13.1. The Bertz CT molecular complexity index is 809. The molecule has 2 atom stereocenters. The van der Waals surface area contributed by atoms with Gasteiger partial charge in [-0.3, -0.25) is 9.59 Å². The molecule has 2 aromatic rings. The number of amides is 2. The Morgan fingerprint density at radius 1 is 1.19 bits per heavy atom. The van der Waals surface area contributed by atoms with Crippen molar-refractivity contribution in [3.05, 3.63) is 52.0 Å². The van der Waals surface area contributed by atoms with Crippen LogP contribution in [0.3, 0.4) is 0 Å². The molecule has 3 N–H and O–H groups in total. The number of thiazole rings is 1. The highest BCUT2D eigenvalue weighted by Crippen LogP contribution is 2.09. The van der Waals surface area contributed by atoms with E-state index < -0.39 is 41.5 Å². The average molecular weight is 397 g/mol. The molecule has 144 valence electrons. The van der Waals surface area contributed by atoms with E-state index in [1.54, 1.807) is 10.9 Å². The number of hydrogen-bond donors (Lipinski definition) is 3. The van der Waals surface area contributed by atoms with Crippen molar-refractivity contribution in [3.8, 4) is 0 Å². The lowest BCUT2D eigenvalue weighted by Gasteiger charge is -2.18. The van der Waals surface area contributed by atoms with Crippen LogP contribution in [0.2, 0.25) is 0 Å². The summed E-state index contributed by atoms with van der Waals surface area (Å²) in [7, 11) is 0. The van der Waals surface area contributed by atoms with Crippen molar-refractivity contribution in [2.75, 3.05) is 0 Å². The van der Waals surface area contributed by atoms with E-state index in [9.17, 15) is 28.3 Å². The van der Waals surface area contributed by atoms with Gasteiger partial charge in [0.1, 0.15) is 23.7 Å². The second-order valence-corrected chi connectivity index (χ2v) is 6.55. The van der Waals surface area contributed by atoms with E-state index in [-0.39, 0.29) is 18.4 Å². The highest BCUT2D eigenvalue weighted by atomic mass is 32.1. The quantitative estimate of drug-likeness (QED) is 0.622. The van der Waals surface area contributed by atoms with Gasteiger partial charge in [0.25, 0.3) is 0 Å². The molecule has 7 nitrogen and oxygen atoms in total. The summed E-state index contributed by atoms with van der Waals surface area (Å²) >= 11 is 1.30. The number of rotatable bonds is 8. The predicted octanol–water partition coefficient (Wildman–Crippen LogP) is 1.28. The Balaban J connectivity index is 1.91. The van der Waals surface area contributed by atoms with Gasteiger partial charge in [-0.1, -0.05) is 0 Å². The van der Waals surface area contributed by atoms with Crippen LogP contribution < -0.4 is 10.6 Å². The first-order valence-electron chi connectivity index (χ1n) is 7.89. The molecule has 0 radical (unpaired) electrons. The fourth-order valence-corrected chi connectivity index (χ4v) is 2.87. The molecule has 0 spiro atoms. The van der Waals surface area contributed by atoms with Crippen LogP contribution in [0.4, 0.5) is 8.78 Å². The molecular formula is C17H17F2N3O4S. The van der Waals surface area contributed by atoms with Crippen molar-refractivity contribution in [2.45, 2.75) is 31.8 Å². The van der Waals surface area contributed by atoms with Gasteiger partial charge in [0.15, 0.2) is 0 Å². The molecule has 1 aromatic carbocycles. The lowest BCUT2D eigenvalue weighted by Crippen LogP contribution is -2.51. The Morgan fingerprint density at radius 2 is 1.85 bits per heavy atom. The highest BCUT2D eigenvalue weighted by Gasteiger charge is 2.24. The summed E-state index contributed by atoms with van der Waals surface area (Å²) in [5.41, 5.74) is 2.19. The zero-order chi connectivity index (χ0) is 20.0. The molecule has 0 fully saturated rings. The van der Waals surface area contributed by atoms with Gasteiger partial charge in [0.05, 0.1) is 17.6 Å².